The van der Waals surface area contributed by atoms with Crippen LogP contribution in [0.1, 0.15) is 18.9 Å². The number of benzene rings is 2. The molecule has 0 aromatic heterocycles. The monoisotopic (exact) mass is 485 g/mol. The van der Waals surface area contributed by atoms with E-state index in [1.807, 2.05) is 19.1 Å². The van der Waals surface area contributed by atoms with Crippen molar-refractivity contribution in [2.75, 3.05) is 11.9 Å². The first-order chi connectivity index (χ1) is 13.2. The number of hydrogen-bond acceptors (Lipinski definition) is 4. The van der Waals surface area contributed by atoms with E-state index in [9.17, 15) is 9.59 Å². The summed E-state index contributed by atoms with van der Waals surface area (Å²) in [4.78, 5) is 23.9. The molecule has 0 radical (unpaired) electrons. The Labute approximate surface area is 181 Å². The van der Waals surface area contributed by atoms with Crippen LogP contribution in [0.4, 0.5) is 5.69 Å². The largest absolute Gasteiger partial charge is 0.483 e. The second kappa shape index (κ2) is 10.5. The molecule has 0 spiro atoms. The number of ether oxygens (including phenoxy) is 1. The minimum atomic E-state index is -0.437. The number of halogens is 3. The van der Waals surface area contributed by atoms with Crippen LogP contribution in [0.25, 0.3) is 0 Å². The third kappa shape index (κ3) is 7.14. The van der Waals surface area contributed by atoms with E-state index in [2.05, 4.69) is 31.8 Å². The third-order valence-corrected chi connectivity index (χ3v) is 4.61. The number of rotatable bonds is 7. The molecule has 0 aliphatic rings. The predicted octanol–water partition coefficient (Wildman–Crippen LogP) is 4.96. The van der Waals surface area contributed by atoms with Gasteiger partial charge in [-0.2, -0.15) is 5.10 Å². The lowest BCUT2D eigenvalue weighted by molar-refractivity contribution is -0.123. The fourth-order valence-corrected chi connectivity index (χ4v) is 3.18. The molecular formula is C19H18BrCl2N3O3. The summed E-state index contributed by atoms with van der Waals surface area (Å²) in [6.45, 7) is 3.38. The van der Waals surface area contributed by atoms with Crippen LogP contribution in [0.2, 0.25) is 10.0 Å². The van der Waals surface area contributed by atoms with Crippen molar-refractivity contribution < 1.29 is 14.3 Å². The van der Waals surface area contributed by atoms with Gasteiger partial charge in [-0.05, 0) is 65.7 Å². The highest BCUT2D eigenvalue weighted by molar-refractivity contribution is 9.10. The molecule has 28 heavy (non-hydrogen) atoms. The first-order valence-corrected chi connectivity index (χ1v) is 9.75. The van der Waals surface area contributed by atoms with E-state index in [4.69, 9.17) is 27.9 Å². The first-order valence-electron chi connectivity index (χ1n) is 8.20. The van der Waals surface area contributed by atoms with Crippen molar-refractivity contribution in [3.63, 3.8) is 0 Å². The van der Waals surface area contributed by atoms with Crippen LogP contribution in [-0.2, 0) is 9.59 Å². The molecule has 0 atom stereocenters. The van der Waals surface area contributed by atoms with Gasteiger partial charge in [0.1, 0.15) is 5.75 Å². The van der Waals surface area contributed by atoms with Crippen molar-refractivity contribution in [3.05, 3.63) is 56.5 Å². The smallest absolute Gasteiger partial charge is 0.277 e. The normalized spacial score (nSPS) is 11.1. The van der Waals surface area contributed by atoms with Gasteiger partial charge in [0.15, 0.2) is 6.61 Å². The molecule has 9 heteroatoms. The van der Waals surface area contributed by atoms with E-state index in [1.54, 1.807) is 25.1 Å². The van der Waals surface area contributed by atoms with Crippen LogP contribution in [0.5, 0.6) is 5.75 Å². The Kier molecular flexibility index (Phi) is 8.29. The van der Waals surface area contributed by atoms with E-state index in [0.29, 0.717) is 27.2 Å². The summed E-state index contributed by atoms with van der Waals surface area (Å²) in [5.74, 6) is -0.201. The Bertz CT molecular complexity index is 919. The Hall–Kier alpha value is -2.09. The number of hydrogen-bond donors (Lipinski definition) is 2. The lowest BCUT2D eigenvalue weighted by Crippen LogP contribution is -2.26. The zero-order valence-electron chi connectivity index (χ0n) is 15.2. The van der Waals surface area contributed by atoms with Crippen LogP contribution in [0.3, 0.4) is 0 Å². The molecule has 0 heterocycles. The zero-order valence-corrected chi connectivity index (χ0v) is 18.3. The number of nitrogens with one attached hydrogen (secondary N) is 2. The van der Waals surface area contributed by atoms with E-state index in [-0.39, 0.29) is 18.9 Å². The number of aryl methyl sites for hydroxylation is 1. The van der Waals surface area contributed by atoms with Gasteiger partial charge in [-0.25, -0.2) is 5.43 Å². The minimum absolute atomic E-state index is 0.0103. The molecule has 2 amide bonds. The molecule has 0 saturated heterocycles. The topological polar surface area (TPSA) is 79.8 Å². The molecule has 2 rings (SSSR count). The number of amides is 2. The van der Waals surface area contributed by atoms with Crippen molar-refractivity contribution in [1.82, 2.24) is 5.43 Å². The predicted molar refractivity (Wildman–Crippen MR) is 115 cm³/mol. The van der Waals surface area contributed by atoms with Crippen LogP contribution < -0.4 is 15.5 Å². The van der Waals surface area contributed by atoms with Crippen molar-refractivity contribution in [2.45, 2.75) is 20.3 Å². The Balaban J connectivity index is 1.80. The summed E-state index contributed by atoms with van der Waals surface area (Å²) in [6, 6.07) is 10.3. The fourth-order valence-electron chi connectivity index (χ4n) is 2.11. The first kappa shape index (κ1) is 22.2. The minimum Gasteiger partial charge on any atom is -0.483 e. The van der Waals surface area contributed by atoms with Gasteiger partial charge in [0.25, 0.3) is 5.91 Å². The maximum Gasteiger partial charge on any atom is 0.277 e. The van der Waals surface area contributed by atoms with Gasteiger partial charge in [-0.15, -0.1) is 0 Å². The van der Waals surface area contributed by atoms with Gasteiger partial charge in [0, 0.05) is 10.7 Å². The lowest BCUT2D eigenvalue weighted by Gasteiger charge is -2.09. The third-order valence-electron chi connectivity index (χ3n) is 3.44. The average molecular weight is 487 g/mol. The Morgan fingerprint density at radius 1 is 1.14 bits per heavy atom. The van der Waals surface area contributed by atoms with Gasteiger partial charge < -0.3 is 10.1 Å². The van der Waals surface area contributed by atoms with Gasteiger partial charge in [-0.1, -0.05) is 29.3 Å². The van der Waals surface area contributed by atoms with Crippen LogP contribution >= 0.6 is 39.1 Å². The molecule has 0 saturated carbocycles. The van der Waals surface area contributed by atoms with Gasteiger partial charge in [-0.3, -0.25) is 9.59 Å². The Morgan fingerprint density at radius 3 is 2.57 bits per heavy atom. The molecule has 2 aromatic rings. The Morgan fingerprint density at radius 2 is 1.89 bits per heavy atom. The van der Waals surface area contributed by atoms with Gasteiger partial charge >= 0.3 is 0 Å². The summed E-state index contributed by atoms with van der Waals surface area (Å²) in [7, 11) is 0. The molecule has 0 unspecified atom stereocenters. The maximum atomic E-state index is 12.1. The number of anilines is 1. The standard InChI is InChI=1S/C19H18BrCl2N3O3/c1-11-3-6-17(14(20)7-11)28-10-19(27)25-24-12(2)8-18(26)23-16-5-4-13(21)9-15(16)22/h3-7,9H,8,10H2,1-2H3,(H,23,26)(H,25,27). The van der Waals surface area contributed by atoms with Gasteiger partial charge in [0.05, 0.1) is 21.6 Å². The molecule has 148 valence electrons. The summed E-state index contributed by atoms with van der Waals surface area (Å²) >= 11 is 15.2. The van der Waals surface area contributed by atoms with Crippen molar-refractivity contribution in [3.8, 4) is 5.75 Å². The molecular weight excluding hydrogens is 469 g/mol. The lowest BCUT2D eigenvalue weighted by atomic mass is 10.2. The number of carbonyl (C=O) groups is 2. The van der Waals surface area contributed by atoms with Crippen LogP contribution in [0.15, 0.2) is 46.0 Å². The van der Waals surface area contributed by atoms with Crippen LogP contribution in [0, 0.1) is 6.92 Å². The molecule has 6 nitrogen and oxygen atoms in total. The maximum absolute atomic E-state index is 12.1. The molecule has 0 fully saturated rings. The van der Waals surface area contributed by atoms with Crippen molar-refractivity contribution in [2.24, 2.45) is 5.10 Å². The van der Waals surface area contributed by atoms with Gasteiger partial charge in [0.2, 0.25) is 5.91 Å². The highest BCUT2D eigenvalue weighted by Gasteiger charge is 2.09. The highest BCUT2D eigenvalue weighted by Crippen LogP contribution is 2.26. The second-order valence-electron chi connectivity index (χ2n) is 5.95. The highest BCUT2D eigenvalue weighted by atomic mass is 79.9. The SMILES string of the molecule is CC(CC(=O)Nc1ccc(Cl)cc1Cl)=NNC(=O)COc1ccc(C)cc1Br. The zero-order chi connectivity index (χ0) is 20.7. The molecule has 0 aliphatic carbocycles. The number of carbonyl (C=O) groups excluding carboxylic acids is 2. The number of nitrogens with zero attached hydrogens (tertiary/aromatic N) is 1. The summed E-state index contributed by atoms with van der Waals surface area (Å²) in [6.07, 6.45) is -0.0103. The number of hydrazone groups is 1. The molecule has 2 aromatic carbocycles. The molecule has 0 aliphatic heterocycles. The van der Waals surface area contributed by atoms with Crippen LogP contribution in [-0.4, -0.2) is 24.1 Å². The van der Waals surface area contributed by atoms with Crippen molar-refractivity contribution >= 4 is 62.3 Å². The second-order valence-corrected chi connectivity index (χ2v) is 7.65. The van der Waals surface area contributed by atoms with Crippen molar-refractivity contribution in [1.29, 1.82) is 0 Å². The summed E-state index contributed by atoms with van der Waals surface area (Å²) < 4.78 is 6.20. The van der Waals surface area contributed by atoms with E-state index in [1.165, 1.54) is 6.07 Å². The molecule has 2 N–H and O–H groups in total. The summed E-state index contributed by atoms with van der Waals surface area (Å²) in [5, 5.41) is 7.37. The van der Waals surface area contributed by atoms with E-state index in [0.717, 1.165) is 10.0 Å². The average Bonchev–Trinajstić information content (AvgIpc) is 2.61. The molecule has 0 bridgehead atoms. The quantitative estimate of drug-likeness (QED) is 0.428. The van der Waals surface area contributed by atoms with E-state index < -0.39 is 5.91 Å². The fraction of sp³-hybridized carbons (Fsp3) is 0.211. The van der Waals surface area contributed by atoms with E-state index >= 15 is 0 Å². The summed E-state index contributed by atoms with van der Waals surface area (Å²) in [5.41, 5.74) is 4.30.